The molecular formula is C12H14N2O4. The van der Waals surface area contributed by atoms with Crippen LogP contribution >= 0.6 is 0 Å². The number of benzene rings is 1. The van der Waals surface area contributed by atoms with Crippen molar-refractivity contribution in [2.75, 3.05) is 13.2 Å². The highest BCUT2D eigenvalue weighted by Crippen LogP contribution is 2.30. The first-order chi connectivity index (χ1) is 8.65. The number of hydrogen-bond donors (Lipinski definition) is 2. The summed E-state index contributed by atoms with van der Waals surface area (Å²) in [6.07, 6.45) is 0.164. The Labute approximate surface area is 104 Å². The fourth-order valence-electron chi connectivity index (χ4n) is 1.59. The Balaban J connectivity index is 1.97. The van der Waals surface area contributed by atoms with Gasteiger partial charge in [0.05, 0.1) is 6.42 Å². The largest absolute Gasteiger partial charge is 0.486 e. The molecule has 2 N–H and O–H groups in total. The standard InChI is InChI=1S/C12H14N2O4/c1-8(15)13-14-12(16)7-9-2-3-10-11(6-9)18-5-4-17-10/h2-3,6H,4-5,7H2,1H3,(H,13,15)(H,14,16). The molecule has 1 aliphatic heterocycles. The lowest BCUT2D eigenvalue weighted by Gasteiger charge is -2.18. The molecule has 0 saturated heterocycles. The van der Waals surface area contributed by atoms with Crippen molar-refractivity contribution in [3.05, 3.63) is 23.8 Å². The maximum Gasteiger partial charge on any atom is 0.242 e. The SMILES string of the molecule is CC(=O)NNC(=O)Cc1ccc2c(c1)OCCO2. The Morgan fingerprint density at radius 2 is 1.89 bits per heavy atom. The monoisotopic (exact) mass is 250 g/mol. The van der Waals surface area contributed by atoms with Gasteiger partial charge in [0.25, 0.3) is 0 Å². The molecule has 1 aromatic rings. The zero-order valence-electron chi connectivity index (χ0n) is 9.99. The predicted octanol–water partition coefficient (Wildman–Crippen LogP) is 0.168. The predicted molar refractivity (Wildman–Crippen MR) is 63.1 cm³/mol. The van der Waals surface area contributed by atoms with Crippen LogP contribution in [-0.2, 0) is 16.0 Å². The molecule has 0 spiro atoms. The van der Waals surface area contributed by atoms with E-state index < -0.39 is 0 Å². The van der Waals surface area contributed by atoms with Gasteiger partial charge in [-0.1, -0.05) is 6.07 Å². The molecule has 0 aliphatic carbocycles. The van der Waals surface area contributed by atoms with Gasteiger partial charge in [0.15, 0.2) is 11.5 Å². The van der Waals surface area contributed by atoms with E-state index in [-0.39, 0.29) is 18.2 Å². The number of carbonyl (C=O) groups is 2. The zero-order chi connectivity index (χ0) is 13.0. The van der Waals surface area contributed by atoms with Crippen LogP contribution in [0.1, 0.15) is 12.5 Å². The Morgan fingerprint density at radius 3 is 2.61 bits per heavy atom. The van der Waals surface area contributed by atoms with Gasteiger partial charge in [0.2, 0.25) is 11.8 Å². The molecule has 1 aliphatic rings. The minimum absolute atomic E-state index is 0.164. The van der Waals surface area contributed by atoms with Gasteiger partial charge in [0.1, 0.15) is 13.2 Å². The van der Waals surface area contributed by atoms with Gasteiger partial charge in [0, 0.05) is 6.92 Å². The van der Waals surface area contributed by atoms with Gasteiger partial charge < -0.3 is 9.47 Å². The molecule has 6 heteroatoms. The summed E-state index contributed by atoms with van der Waals surface area (Å²) in [7, 11) is 0. The maximum atomic E-state index is 11.5. The van der Waals surface area contributed by atoms with Crippen LogP contribution in [0.4, 0.5) is 0 Å². The summed E-state index contributed by atoms with van der Waals surface area (Å²) in [5, 5.41) is 0. The minimum Gasteiger partial charge on any atom is -0.486 e. The Hall–Kier alpha value is -2.24. The van der Waals surface area contributed by atoms with E-state index in [0.717, 1.165) is 5.56 Å². The van der Waals surface area contributed by atoms with Gasteiger partial charge in [-0.2, -0.15) is 0 Å². The summed E-state index contributed by atoms with van der Waals surface area (Å²) in [6.45, 7) is 2.37. The van der Waals surface area contributed by atoms with Crippen LogP contribution in [0, 0.1) is 0 Å². The van der Waals surface area contributed by atoms with Gasteiger partial charge in [-0.15, -0.1) is 0 Å². The molecule has 0 unspecified atom stereocenters. The first-order valence-corrected chi connectivity index (χ1v) is 5.59. The van der Waals surface area contributed by atoms with E-state index in [0.29, 0.717) is 24.7 Å². The molecular weight excluding hydrogens is 236 g/mol. The molecule has 6 nitrogen and oxygen atoms in total. The Morgan fingerprint density at radius 1 is 1.17 bits per heavy atom. The van der Waals surface area contributed by atoms with Gasteiger partial charge in [-0.05, 0) is 17.7 Å². The van der Waals surface area contributed by atoms with Crippen LogP contribution in [0.2, 0.25) is 0 Å². The molecule has 0 aromatic heterocycles. The van der Waals surface area contributed by atoms with Crippen molar-refractivity contribution < 1.29 is 19.1 Å². The van der Waals surface area contributed by atoms with Crippen LogP contribution < -0.4 is 20.3 Å². The summed E-state index contributed by atoms with van der Waals surface area (Å²) < 4.78 is 10.8. The number of ether oxygens (including phenoxy) is 2. The van der Waals surface area contributed by atoms with Gasteiger partial charge >= 0.3 is 0 Å². The highest BCUT2D eigenvalue weighted by atomic mass is 16.6. The van der Waals surface area contributed by atoms with E-state index in [2.05, 4.69) is 10.9 Å². The smallest absolute Gasteiger partial charge is 0.242 e. The number of hydrogen-bond acceptors (Lipinski definition) is 4. The number of amides is 2. The van der Waals surface area contributed by atoms with E-state index in [1.807, 2.05) is 0 Å². The average Bonchev–Trinajstić information content (AvgIpc) is 2.36. The van der Waals surface area contributed by atoms with Crippen LogP contribution in [0.3, 0.4) is 0 Å². The second-order valence-corrected chi connectivity index (χ2v) is 3.88. The molecule has 2 amide bonds. The van der Waals surface area contributed by atoms with Crippen molar-refractivity contribution in [3.8, 4) is 11.5 Å². The first kappa shape index (κ1) is 12.2. The molecule has 1 heterocycles. The fraction of sp³-hybridized carbons (Fsp3) is 0.333. The highest BCUT2D eigenvalue weighted by molar-refractivity contribution is 5.82. The third-order valence-electron chi connectivity index (χ3n) is 2.35. The molecule has 0 atom stereocenters. The Kier molecular flexibility index (Phi) is 3.66. The van der Waals surface area contributed by atoms with Crippen molar-refractivity contribution in [2.45, 2.75) is 13.3 Å². The molecule has 0 saturated carbocycles. The van der Waals surface area contributed by atoms with Gasteiger partial charge in [-0.25, -0.2) is 0 Å². The van der Waals surface area contributed by atoms with Crippen molar-refractivity contribution >= 4 is 11.8 Å². The number of rotatable bonds is 2. The summed E-state index contributed by atoms with van der Waals surface area (Å²) in [5.74, 6) is 0.728. The number of carbonyl (C=O) groups excluding carboxylic acids is 2. The lowest BCUT2D eigenvalue weighted by atomic mass is 10.1. The van der Waals surface area contributed by atoms with Crippen molar-refractivity contribution in [1.82, 2.24) is 10.9 Å². The van der Waals surface area contributed by atoms with E-state index in [1.54, 1.807) is 18.2 Å². The lowest BCUT2D eigenvalue weighted by Crippen LogP contribution is -2.41. The van der Waals surface area contributed by atoms with Crippen LogP contribution in [0.25, 0.3) is 0 Å². The quantitative estimate of drug-likeness (QED) is 0.733. The summed E-state index contributed by atoms with van der Waals surface area (Å²) in [5.41, 5.74) is 5.33. The first-order valence-electron chi connectivity index (χ1n) is 5.59. The average molecular weight is 250 g/mol. The van der Waals surface area contributed by atoms with E-state index in [4.69, 9.17) is 9.47 Å². The molecule has 96 valence electrons. The Bertz CT molecular complexity index is 473. The van der Waals surface area contributed by atoms with E-state index in [1.165, 1.54) is 6.92 Å². The summed E-state index contributed by atoms with van der Waals surface area (Å²) >= 11 is 0. The second kappa shape index (κ2) is 5.39. The molecule has 18 heavy (non-hydrogen) atoms. The van der Waals surface area contributed by atoms with Crippen LogP contribution in [-0.4, -0.2) is 25.0 Å². The third-order valence-corrected chi connectivity index (χ3v) is 2.35. The summed E-state index contributed by atoms with van der Waals surface area (Å²) in [6, 6.07) is 5.33. The topological polar surface area (TPSA) is 76.7 Å². The van der Waals surface area contributed by atoms with Crippen molar-refractivity contribution in [1.29, 1.82) is 0 Å². The third kappa shape index (κ3) is 3.13. The van der Waals surface area contributed by atoms with E-state index in [9.17, 15) is 9.59 Å². The molecule has 0 radical (unpaired) electrons. The normalized spacial score (nSPS) is 12.7. The van der Waals surface area contributed by atoms with Crippen LogP contribution in [0.15, 0.2) is 18.2 Å². The minimum atomic E-state index is -0.314. The lowest BCUT2D eigenvalue weighted by molar-refractivity contribution is -0.127. The van der Waals surface area contributed by atoms with Crippen molar-refractivity contribution in [3.63, 3.8) is 0 Å². The van der Waals surface area contributed by atoms with Crippen LogP contribution in [0.5, 0.6) is 11.5 Å². The molecule has 2 rings (SSSR count). The molecule has 1 aromatic carbocycles. The molecule has 0 fully saturated rings. The van der Waals surface area contributed by atoms with Crippen molar-refractivity contribution in [2.24, 2.45) is 0 Å². The van der Waals surface area contributed by atoms with E-state index >= 15 is 0 Å². The highest BCUT2D eigenvalue weighted by Gasteiger charge is 2.13. The van der Waals surface area contributed by atoms with Gasteiger partial charge in [-0.3, -0.25) is 20.4 Å². The zero-order valence-corrected chi connectivity index (χ0v) is 9.99. The molecule has 0 bridgehead atoms. The number of hydrazine groups is 1. The number of nitrogens with one attached hydrogen (secondary N) is 2. The summed E-state index contributed by atoms with van der Waals surface area (Å²) in [4.78, 5) is 22.1. The maximum absolute atomic E-state index is 11.5. The number of fused-ring (bicyclic) bond motifs is 1. The fourth-order valence-corrected chi connectivity index (χ4v) is 1.59. The second-order valence-electron chi connectivity index (χ2n) is 3.88.